The minimum atomic E-state index is -0.798. The minimum absolute atomic E-state index is 0.174. The van der Waals surface area contributed by atoms with Gasteiger partial charge in [0, 0.05) is 17.8 Å². The van der Waals surface area contributed by atoms with Gasteiger partial charge in [-0.2, -0.15) is 0 Å². The molecule has 0 heterocycles. The molecular formula is C23H29N3O4. The maximum atomic E-state index is 13.4. The van der Waals surface area contributed by atoms with E-state index in [0.717, 1.165) is 5.56 Å². The zero-order chi connectivity index (χ0) is 22.1. The topological polar surface area (TPSA) is 102 Å². The van der Waals surface area contributed by atoms with Crippen LogP contribution in [0.15, 0.2) is 54.6 Å². The Labute approximate surface area is 177 Å². The number of carbonyl (C=O) groups excluding carboxylic acids is 3. The van der Waals surface area contributed by atoms with Crippen molar-refractivity contribution in [1.29, 1.82) is 0 Å². The number of anilines is 1. The molecule has 0 radical (unpaired) electrons. The van der Waals surface area contributed by atoms with E-state index in [1.54, 1.807) is 49.4 Å². The second-order valence-electron chi connectivity index (χ2n) is 7.31. The molecular weight excluding hydrogens is 382 g/mol. The Balaban J connectivity index is 2.24. The summed E-state index contributed by atoms with van der Waals surface area (Å²) in [5, 5.41) is 2.81. The molecule has 0 bridgehead atoms. The standard InChI is InChI=1S/C23H29N3O4/c1-4-30-20(27)15-26(14-17-9-8-12-19(24)13-17)23(29)21(16(2)3)25-22(28)18-10-6-5-7-11-18/h5-13,16,21H,4,14-15,24H2,1-3H3,(H,25,28)/t21-/m0/s1. The van der Waals surface area contributed by atoms with Crippen LogP contribution in [0.5, 0.6) is 0 Å². The molecule has 7 heteroatoms. The number of nitrogens with zero attached hydrogens (tertiary/aromatic N) is 1. The Morgan fingerprint density at radius 1 is 1.07 bits per heavy atom. The van der Waals surface area contributed by atoms with Gasteiger partial charge < -0.3 is 20.7 Å². The molecule has 160 valence electrons. The van der Waals surface area contributed by atoms with Crippen molar-refractivity contribution in [2.75, 3.05) is 18.9 Å². The quantitative estimate of drug-likeness (QED) is 0.488. The molecule has 1 atom stereocenters. The monoisotopic (exact) mass is 411 g/mol. The second kappa shape index (κ2) is 11.0. The zero-order valence-corrected chi connectivity index (χ0v) is 17.6. The fourth-order valence-corrected chi connectivity index (χ4v) is 3.01. The highest BCUT2D eigenvalue weighted by molar-refractivity contribution is 5.98. The summed E-state index contributed by atoms with van der Waals surface area (Å²) in [6.07, 6.45) is 0. The van der Waals surface area contributed by atoms with Crippen molar-refractivity contribution in [3.05, 3.63) is 65.7 Å². The summed E-state index contributed by atoms with van der Waals surface area (Å²) in [6.45, 7) is 5.57. The molecule has 7 nitrogen and oxygen atoms in total. The Hall–Kier alpha value is -3.35. The lowest BCUT2D eigenvalue weighted by Gasteiger charge is -2.29. The fourth-order valence-electron chi connectivity index (χ4n) is 3.01. The lowest BCUT2D eigenvalue weighted by molar-refractivity contribution is -0.150. The lowest BCUT2D eigenvalue weighted by Crippen LogP contribution is -2.52. The van der Waals surface area contributed by atoms with E-state index in [2.05, 4.69) is 5.32 Å². The zero-order valence-electron chi connectivity index (χ0n) is 17.6. The van der Waals surface area contributed by atoms with Gasteiger partial charge in [0.1, 0.15) is 12.6 Å². The molecule has 2 amide bonds. The second-order valence-corrected chi connectivity index (χ2v) is 7.31. The first-order chi connectivity index (χ1) is 14.3. The summed E-state index contributed by atoms with van der Waals surface area (Å²) >= 11 is 0. The number of rotatable bonds is 9. The average molecular weight is 412 g/mol. The number of amides is 2. The highest BCUT2D eigenvalue weighted by atomic mass is 16.5. The SMILES string of the molecule is CCOC(=O)CN(Cc1cccc(N)c1)C(=O)[C@@H](NC(=O)c1ccccc1)C(C)C. The van der Waals surface area contributed by atoms with Crippen LogP contribution in [0.1, 0.15) is 36.7 Å². The number of benzene rings is 2. The summed E-state index contributed by atoms with van der Waals surface area (Å²) in [6, 6.07) is 15.0. The summed E-state index contributed by atoms with van der Waals surface area (Å²) in [5.74, 6) is -1.39. The van der Waals surface area contributed by atoms with E-state index in [4.69, 9.17) is 10.5 Å². The Bertz CT molecular complexity index is 868. The van der Waals surface area contributed by atoms with Crippen LogP contribution in [-0.2, 0) is 20.9 Å². The molecule has 0 saturated carbocycles. The van der Waals surface area contributed by atoms with Gasteiger partial charge in [-0.1, -0.05) is 44.2 Å². The number of nitrogens with two attached hydrogens (primary N) is 1. The number of ether oxygens (including phenoxy) is 1. The van der Waals surface area contributed by atoms with Crippen LogP contribution in [0.2, 0.25) is 0 Å². The molecule has 0 aliphatic rings. The average Bonchev–Trinajstić information content (AvgIpc) is 2.71. The van der Waals surface area contributed by atoms with Crippen molar-refractivity contribution in [2.24, 2.45) is 5.92 Å². The summed E-state index contributed by atoms with van der Waals surface area (Å²) in [7, 11) is 0. The van der Waals surface area contributed by atoms with E-state index >= 15 is 0 Å². The lowest BCUT2D eigenvalue weighted by atomic mass is 10.0. The van der Waals surface area contributed by atoms with Gasteiger partial charge in [-0.05, 0) is 42.7 Å². The molecule has 2 aromatic carbocycles. The molecule has 2 rings (SSSR count). The first-order valence-corrected chi connectivity index (χ1v) is 9.96. The Morgan fingerprint density at radius 3 is 2.37 bits per heavy atom. The van der Waals surface area contributed by atoms with Gasteiger partial charge in [0.05, 0.1) is 6.61 Å². The smallest absolute Gasteiger partial charge is 0.325 e. The van der Waals surface area contributed by atoms with E-state index in [1.165, 1.54) is 4.90 Å². The molecule has 0 fully saturated rings. The van der Waals surface area contributed by atoms with Gasteiger partial charge in [-0.3, -0.25) is 14.4 Å². The van der Waals surface area contributed by atoms with E-state index in [1.807, 2.05) is 26.0 Å². The molecule has 3 N–H and O–H groups in total. The molecule has 0 aliphatic carbocycles. The summed E-state index contributed by atoms with van der Waals surface area (Å²) in [4.78, 5) is 39.5. The van der Waals surface area contributed by atoms with Crippen LogP contribution < -0.4 is 11.1 Å². The highest BCUT2D eigenvalue weighted by Gasteiger charge is 2.30. The number of nitrogen functional groups attached to an aromatic ring is 1. The number of esters is 1. The Morgan fingerprint density at radius 2 is 1.77 bits per heavy atom. The van der Waals surface area contributed by atoms with Crippen molar-refractivity contribution in [3.8, 4) is 0 Å². The van der Waals surface area contributed by atoms with Crippen LogP contribution in [0, 0.1) is 5.92 Å². The largest absolute Gasteiger partial charge is 0.465 e. The first kappa shape index (κ1) is 22.9. The highest BCUT2D eigenvalue weighted by Crippen LogP contribution is 2.14. The molecule has 0 saturated heterocycles. The molecule has 30 heavy (non-hydrogen) atoms. The van der Waals surface area contributed by atoms with Gasteiger partial charge in [0.25, 0.3) is 5.91 Å². The van der Waals surface area contributed by atoms with Gasteiger partial charge in [-0.25, -0.2) is 0 Å². The van der Waals surface area contributed by atoms with Crippen LogP contribution in [-0.4, -0.2) is 41.9 Å². The molecule has 0 aromatic heterocycles. The summed E-state index contributed by atoms with van der Waals surface area (Å²) < 4.78 is 5.03. The van der Waals surface area contributed by atoms with E-state index < -0.39 is 12.0 Å². The third kappa shape index (κ3) is 6.62. The maximum Gasteiger partial charge on any atom is 0.325 e. The predicted octanol–water partition coefficient (Wildman–Crippen LogP) is 2.62. The molecule has 0 spiro atoms. The van der Waals surface area contributed by atoms with Gasteiger partial charge in [0.2, 0.25) is 5.91 Å². The van der Waals surface area contributed by atoms with Crippen molar-refractivity contribution in [1.82, 2.24) is 10.2 Å². The van der Waals surface area contributed by atoms with Crippen LogP contribution in [0.25, 0.3) is 0 Å². The third-order valence-corrected chi connectivity index (χ3v) is 4.52. The number of nitrogens with one attached hydrogen (secondary N) is 1. The summed E-state index contributed by atoms with van der Waals surface area (Å²) in [5.41, 5.74) is 7.65. The number of hydrogen-bond donors (Lipinski definition) is 2. The first-order valence-electron chi connectivity index (χ1n) is 9.96. The van der Waals surface area contributed by atoms with Crippen LogP contribution in [0.4, 0.5) is 5.69 Å². The van der Waals surface area contributed by atoms with E-state index in [-0.39, 0.29) is 37.4 Å². The van der Waals surface area contributed by atoms with Crippen molar-refractivity contribution in [3.63, 3.8) is 0 Å². The van der Waals surface area contributed by atoms with Crippen molar-refractivity contribution < 1.29 is 19.1 Å². The maximum absolute atomic E-state index is 13.4. The van der Waals surface area contributed by atoms with Gasteiger partial charge >= 0.3 is 5.97 Å². The number of hydrogen-bond acceptors (Lipinski definition) is 5. The minimum Gasteiger partial charge on any atom is -0.465 e. The number of carbonyl (C=O) groups is 3. The van der Waals surface area contributed by atoms with Crippen molar-refractivity contribution >= 4 is 23.5 Å². The third-order valence-electron chi connectivity index (χ3n) is 4.52. The van der Waals surface area contributed by atoms with Crippen molar-refractivity contribution in [2.45, 2.75) is 33.4 Å². The molecule has 0 unspecified atom stereocenters. The predicted molar refractivity (Wildman–Crippen MR) is 115 cm³/mol. The Kier molecular flexibility index (Phi) is 8.41. The normalized spacial score (nSPS) is 11.6. The van der Waals surface area contributed by atoms with E-state index in [9.17, 15) is 14.4 Å². The van der Waals surface area contributed by atoms with Crippen LogP contribution >= 0.6 is 0 Å². The van der Waals surface area contributed by atoms with Crippen LogP contribution in [0.3, 0.4) is 0 Å². The van der Waals surface area contributed by atoms with Gasteiger partial charge in [0.15, 0.2) is 0 Å². The fraction of sp³-hybridized carbons (Fsp3) is 0.348. The van der Waals surface area contributed by atoms with E-state index in [0.29, 0.717) is 11.3 Å². The van der Waals surface area contributed by atoms with Gasteiger partial charge in [-0.15, -0.1) is 0 Å². The molecule has 0 aliphatic heterocycles. The molecule has 2 aromatic rings.